The van der Waals surface area contributed by atoms with E-state index < -0.39 is 17.8 Å². The second-order valence-electron chi connectivity index (χ2n) is 5.88. The first-order valence-corrected chi connectivity index (χ1v) is 8.83. The number of carbonyl (C=O) groups excluding carboxylic acids is 4. The number of hydrazine groups is 1. The number of ether oxygens (including phenoxy) is 1. The molecular formula is C21H21N3O5. The summed E-state index contributed by atoms with van der Waals surface area (Å²) in [5.74, 6) is -2.15. The third-order valence-electron chi connectivity index (χ3n) is 3.75. The SMILES string of the molecule is CCOC(=O)C=CC(=O)NNC(=O)c1ccc(NC(=O)c2ccccc2C)cc1. The fourth-order valence-electron chi connectivity index (χ4n) is 2.30. The molecule has 0 aliphatic carbocycles. The summed E-state index contributed by atoms with van der Waals surface area (Å²) < 4.78 is 4.64. The highest BCUT2D eigenvalue weighted by Gasteiger charge is 2.10. The van der Waals surface area contributed by atoms with Crippen LogP contribution in [0, 0.1) is 6.92 Å². The maximum atomic E-state index is 12.3. The summed E-state index contributed by atoms with van der Waals surface area (Å²) in [5, 5.41) is 2.76. The number of hydrogen-bond acceptors (Lipinski definition) is 5. The minimum atomic E-state index is -0.687. The van der Waals surface area contributed by atoms with E-state index in [2.05, 4.69) is 20.9 Å². The molecule has 0 saturated carbocycles. The molecule has 0 fully saturated rings. The Morgan fingerprint density at radius 2 is 1.59 bits per heavy atom. The molecule has 0 aromatic heterocycles. The normalized spacial score (nSPS) is 10.3. The second-order valence-corrected chi connectivity index (χ2v) is 5.88. The predicted octanol–water partition coefficient (Wildman–Crippen LogP) is 2.13. The summed E-state index contributed by atoms with van der Waals surface area (Å²) in [6.45, 7) is 3.69. The van der Waals surface area contributed by atoms with Crippen molar-refractivity contribution in [3.05, 3.63) is 77.4 Å². The first-order valence-electron chi connectivity index (χ1n) is 8.83. The first-order chi connectivity index (χ1) is 13.9. The molecule has 0 spiro atoms. The van der Waals surface area contributed by atoms with Crippen LogP contribution in [0.2, 0.25) is 0 Å². The zero-order valence-electron chi connectivity index (χ0n) is 16.0. The van der Waals surface area contributed by atoms with Crippen molar-refractivity contribution in [3.8, 4) is 0 Å². The summed E-state index contributed by atoms with van der Waals surface area (Å²) in [5.41, 5.74) is 6.58. The van der Waals surface area contributed by atoms with Crippen molar-refractivity contribution in [2.75, 3.05) is 11.9 Å². The van der Waals surface area contributed by atoms with Crippen LogP contribution in [0.4, 0.5) is 5.69 Å². The second kappa shape index (κ2) is 10.4. The summed E-state index contributed by atoms with van der Waals surface area (Å²) in [6, 6.07) is 13.4. The number of carbonyl (C=O) groups is 4. The Kier molecular flexibility index (Phi) is 7.67. The van der Waals surface area contributed by atoms with Crippen LogP contribution < -0.4 is 16.2 Å². The molecule has 8 heteroatoms. The molecule has 0 aliphatic rings. The van der Waals surface area contributed by atoms with Gasteiger partial charge in [-0.3, -0.25) is 25.2 Å². The van der Waals surface area contributed by atoms with Crippen molar-refractivity contribution in [1.82, 2.24) is 10.9 Å². The van der Waals surface area contributed by atoms with Gasteiger partial charge in [-0.15, -0.1) is 0 Å². The van der Waals surface area contributed by atoms with E-state index in [1.54, 1.807) is 31.2 Å². The van der Waals surface area contributed by atoms with Crippen LogP contribution in [0.1, 0.15) is 33.2 Å². The summed E-state index contributed by atoms with van der Waals surface area (Å²) >= 11 is 0. The number of rotatable bonds is 6. The molecule has 2 rings (SSSR count). The number of nitrogens with one attached hydrogen (secondary N) is 3. The lowest BCUT2D eigenvalue weighted by Gasteiger charge is -2.09. The molecule has 2 aromatic carbocycles. The highest BCUT2D eigenvalue weighted by atomic mass is 16.5. The van der Waals surface area contributed by atoms with Gasteiger partial charge in [-0.2, -0.15) is 0 Å². The van der Waals surface area contributed by atoms with Gasteiger partial charge in [0.2, 0.25) is 0 Å². The molecule has 0 unspecified atom stereocenters. The van der Waals surface area contributed by atoms with Crippen molar-refractivity contribution in [2.45, 2.75) is 13.8 Å². The van der Waals surface area contributed by atoms with Crippen LogP contribution in [-0.2, 0) is 14.3 Å². The van der Waals surface area contributed by atoms with Crippen molar-refractivity contribution >= 4 is 29.4 Å². The van der Waals surface area contributed by atoms with E-state index in [0.717, 1.165) is 17.7 Å². The van der Waals surface area contributed by atoms with Crippen LogP contribution in [0.5, 0.6) is 0 Å². The van der Waals surface area contributed by atoms with Crippen LogP contribution in [0.15, 0.2) is 60.7 Å². The van der Waals surface area contributed by atoms with Gasteiger partial charge < -0.3 is 10.1 Å². The van der Waals surface area contributed by atoms with E-state index >= 15 is 0 Å². The van der Waals surface area contributed by atoms with Crippen LogP contribution in [0.25, 0.3) is 0 Å². The van der Waals surface area contributed by atoms with Crippen LogP contribution in [0.3, 0.4) is 0 Å². The maximum absolute atomic E-state index is 12.3. The van der Waals surface area contributed by atoms with E-state index in [-0.39, 0.29) is 18.1 Å². The largest absolute Gasteiger partial charge is 0.463 e. The molecular weight excluding hydrogens is 374 g/mol. The van der Waals surface area contributed by atoms with E-state index in [4.69, 9.17) is 0 Å². The molecule has 0 atom stereocenters. The van der Waals surface area contributed by atoms with Crippen molar-refractivity contribution in [2.24, 2.45) is 0 Å². The van der Waals surface area contributed by atoms with Crippen molar-refractivity contribution in [3.63, 3.8) is 0 Å². The van der Waals surface area contributed by atoms with Crippen molar-refractivity contribution < 1.29 is 23.9 Å². The summed E-state index contributed by atoms with van der Waals surface area (Å²) in [6.07, 6.45) is 1.90. The molecule has 0 saturated heterocycles. The molecule has 0 bridgehead atoms. The molecule has 0 aliphatic heterocycles. The number of hydrogen-bond donors (Lipinski definition) is 3. The molecule has 3 amide bonds. The van der Waals surface area contributed by atoms with Gasteiger partial charge in [0.1, 0.15) is 0 Å². The predicted molar refractivity (Wildman–Crippen MR) is 107 cm³/mol. The van der Waals surface area contributed by atoms with Crippen LogP contribution >= 0.6 is 0 Å². The number of esters is 1. The Labute approximate surface area is 167 Å². The molecule has 29 heavy (non-hydrogen) atoms. The van der Waals surface area contributed by atoms with Crippen LogP contribution in [-0.4, -0.2) is 30.3 Å². The topological polar surface area (TPSA) is 114 Å². The lowest BCUT2D eigenvalue weighted by Crippen LogP contribution is -2.40. The van der Waals surface area contributed by atoms with Gasteiger partial charge in [0.05, 0.1) is 6.61 Å². The minimum Gasteiger partial charge on any atom is -0.463 e. The Balaban J connectivity index is 1.88. The highest BCUT2D eigenvalue weighted by molar-refractivity contribution is 6.05. The lowest BCUT2D eigenvalue weighted by atomic mass is 10.1. The Morgan fingerprint density at radius 1 is 0.897 bits per heavy atom. The molecule has 0 radical (unpaired) electrons. The smallest absolute Gasteiger partial charge is 0.330 e. The van der Waals surface area contributed by atoms with E-state index in [0.29, 0.717) is 11.3 Å². The Bertz CT molecular complexity index is 936. The van der Waals surface area contributed by atoms with Crippen molar-refractivity contribution in [1.29, 1.82) is 0 Å². The number of amides is 3. The molecule has 2 aromatic rings. The molecule has 3 N–H and O–H groups in total. The quantitative estimate of drug-likeness (QED) is 0.394. The average molecular weight is 395 g/mol. The van der Waals surface area contributed by atoms with Gasteiger partial charge >= 0.3 is 5.97 Å². The molecule has 8 nitrogen and oxygen atoms in total. The summed E-state index contributed by atoms with van der Waals surface area (Å²) in [4.78, 5) is 47.0. The lowest BCUT2D eigenvalue weighted by molar-refractivity contribution is -0.137. The zero-order chi connectivity index (χ0) is 21.2. The number of anilines is 1. The van der Waals surface area contributed by atoms with E-state index in [1.807, 2.05) is 19.1 Å². The van der Waals surface area contributed by atoms with Gasteiger partial charge in [-0.1, -0.05) is 18.2 Å². The van der Waals surface area contributed by atoms with E-state index in [1.165, 1.54) is 12.1 Å². The Hall–Kier alpha value is -3.94. The van der Waals surface area contributed by atoms with Gasteiger partial charge in [-0.05, 0) is 49.7 Å². The van der Waals surface area contributed by atoms with Gasteiger partial charge in [0, 0.05) is 29.0 Å². The maximum Gasteiger partial charge on any atom is 0.330 e. The zero-order valence-corrected chi connectivity index (χ0v) is 16.0. The standard InChI is InChI=1S/C21H21N3O5/c1-3-29-19(26)13-12-18(25)23-24-20(27)15-8-10-16(11-9-15)22-21(28)17-7-5-4-6-14(17)2/h4-13H,3H2,1-2H3,(H,22,28)(H,23,25)(H,24,27). The van der Waals surface area contributed by atoms with Gasteiger partial charge in [0.25, 0.3) is 17.7 Å². The highest BCUT2D eigenvalue weighted by Crippen LogP contribution is 2.13. The summed E-state index contributed by atoms with van der Waals surface area (Å²) in [7, 11) is 0. The third-order valence-corrected chi connectivity index (χ3v) is 3.75. The minimum absolute atomic E-state index is 0.197. The number of aryl methyl sites for hydroxylation is 1. The fourth-order valence-corrected chi connectivity index (χ4v) is 2.30. The van der Waals surface area contributed by atoms with Gasteiger partial charge in [-0.25, -0.2) is 4.79 Å². The number of benzene rings is 2. The average Bonchev–Trinajstić information content (AvgIpc) is 2.71. The fraction of sp³-hybridized carbons (Fsp3) is 0.143. The monoisotopic (exact) mass is 395 g/mol. The van der Waals surface area contributed by atoms with E-state index in [9.17, 15) is 19.2 Å². The molecule has 0 heterocycles. The first kappa shape index (κ1) is 21.4. The Morgan fingerprint density at radius 3 is 2.24 bits per heavy atom. The third kappa shape index (κ3) is 6.62. The van der Waals surface area contributed by atoms with Gasteiger partial charge in [0.15, 0.2) is 0 Å². The molecule has 150 valence electrons.